The molecule has 1 aromatic heterocycles. The number of hydrogen-bond acceptors (Lipinski definition) is 4. The Hall–Kier alpha value is -1.33. The third-order valence-electron chi connectivity index (χ3n) is 3.02. The summed E-state index contributed by atoms with van der Waals surface area (Å²) >= 11 is 0. The molecule has 0 bridgehead atoms. The second kappa shape index (κ2) is 7.31. The predicted octanol–water partition coefficient (Wildman–Crippen LogP) is 1.61. The van der Waals surface area contributed by atoms with E-state index in [2.05, 4.69) is 5.32 Å². The molecule has 0 aromatic carbocycles. The fraction of sp³-hybridized carbons (Fsp3) is 0.643. The van der Waals surface area contributed by atoms with Gasteiger partial charge in [-0.3, -0.25) is 4.79 Å². The molecular formula is C14H23NO4. The molecule has 0 saturated heterocycles. The molecule has 1 rings (SSSR count). The number of aliphatic hydroxyl groups is 2. The average molecular weight is 269 g/mol. The van der Waals surface area contributed by atoms with Crippen LogP contribution in [0.5, 0.6) is 0 Å². The molecule has 3 unspecified atom stereocenters. The van der Waals surface area contributed by atoms with E-state index in [1.165, 1.54) is 6.26 Å². The maximum absolute atomic E-state index is 11.7. The van der Waals surface area contributed by atoms with Crippen molar-refractivity contribution in [2.24, 2.45) is 5.92 Å². The first-order valence-corrected chi connectivity index (χ1v) is 6.59. The fourth-order valence-corrected chi connectivity index (χ4v) is 1.75. The highest BCUT2D eigenvalue weighted by Gasteiger charge is 2.19. The Morgan fingerprint density at radius 3 is 2.58 bits per heavy atom. The summed E-state index contributed by atoms with van der Waals surface area (Å²) in [6, 6.07) is 3.22. The van der Waals surface area contributed by atoms with Crippen molar-refractivity contribution < 1.29 is 19.4 Å². The van der Waals surface area contributed by atoms with Gasteiger partial charge in [-0.2, -0.15) is 0 Å². The van der Waals surface area contributed by atoms with Crippen LogP contribution in [0.1, 0.15) is 45.5 Å². The van der Waals surface area contributed by atoms with Gasteiger partial charge in [0.05, 0.1) is 18.8 Å². The van der Waals surface area contributed by atoms with E-state index in [0.29, 0.717) is 12.2 Å². The number of nitrogens with one attached hydrogen (secondary N) is 1. The van der Waals surface area contributed by atoms with Gasteiger partial charge in [0.2, 0.25) is 5.91 Å². The molecule has 0 radical (unpaired) electrons. The van der Waals surface area contributed by atoms with Crippen LogP contribution in [0, 0.1) is 5.92 Å². The molecule has 3 atom stereocenters. The van der Waals surface area contributed by atoms with Gasteiger partial charge in [0.25, 0.3) is 0 Å². The summed E-state index contributed by atoms with van der Waals surface area (Å²) < 4.78 is 5.09. The summed E-state index contributed by atoms with van der Waals surface area (Å²) in [4.78, 5) is 11.7. The maximum Gasteiger partial charge on any atom is 0.222 e. The van der Waals surface area contributed by atoms with E-state index in [4.69, 9.17) is 4.42 Å². The van der Waals surface area contributed by atoms with Crippen LogP contribution in [0.25, 0.3) is 0 Å². The minimum atomic E-state index is -0.736. The first kappa shape index (κ1) is 15.7. The molecule has 5 heteroatoms. The molecule has 5 nitrogen and oxygen atoms in total. The summed E-state index contributed by atoms with van der Waals surface area (Å²) in [7, 11) is 0. The first-order chi connectivity index (χ1) is 8.90. The van der Waals surface area contributed by atoms with E-state index in [1.54, 1.807) is 12.1 Å². The predicted molar refractivity (Wildman–Crippen MR) is 71.4 cm³/mol. The number of carbonyl (C=O) groups is 1. The van der Waals surface area contributed by atoms with Crippen molar-refractivity contribution in [3.05, 3.63) is 24.2 Å². The van der Waals surface area contributed by atoms with E-state index >= 15 is 0 Å². The van der Waals surface area contributed by atoms with Crippen LogP contribution in [-0.2, 0) is 4.79 Å². The first-order valence-electron chi connectivity index (χ1n) is 6.59. The van der Waals surface area contributed by atoms with Gasteiger partial charge in [0.15, 0.2) is 0 Å². The molecule has 0 aliphatic rings. The standard InChI is InChI=1S/C14H23NO4/c1-9(2)11(16)8-14(18)15-10(3)7-12(17)13-5-4-6-19-13/h4-6,9-12,16-17H,7-8H2,1-3H3,(H,15,18). The van der Waals surface area contributed by atoms with Crippen LogP contribution in [-0.4, -0.2) is 28.3 Å². The molecule has 1 amide bonds. The van der Waals surface area contributed by atoms with Crippen molar-refractivity contribution >= 4 is 5.91 Å². The summed E-state index contributed by atoms with van der Waals surface area (Å²) in [5, 5.41) is 22.2. The van der Waals surface area contributed by atoms with Crippen LogP contribution in [0.3, 0.4) is 0 Å². The van der Waals surface area contributed by atoms with Crippen LogP contribution in [0.15, 0.2) is 22.8 Å². The second-order valence-electron chi connectivity index (χ2n) is 5.25. The number of aliphatic hydroxyl groups excluding tert-OH is 2. The zero-order valence-corrected chi connectivity index (χ0v) is 11.7. The van der Waals surface area contributed by atoms with E-state index in [0.717, 1.165) is 0 Å². The van der Waals surface area contributed by atoms with Crippen molar-refractivity contribution in [2.45, 2.75) is 51.9 Å². The minimum absolute atomic E-state index is 0.0507. The highest BCUT2D eigenvalue weighted by molar-refractivity contribution is 5.76. The average Bonchev–Trinajstić information content (AvgIpc) is 2.81. The van der Waals surface area contributed by atoms with E-state index in [9.17, 15) is 15.0 Å². The Balaban J connectivity index is 2.34. The zero-order chi connectivity index (χ0) is 14.4. The Morgan fingerprint density at radius 1 is 1.37 bits per heavy atom. The van der Waals surface area contributed by atoms with Gasteiger partial charge in [-0.15, -0.1) is 0 Å². The molecule has 0 saturated carbocycles. The summed E-state index contributed by atoms with van der Waals surface area (Å²) in [5.41, 5.74) is 0. The van der Waals surface area contributed by atoms with Crippen molar-refractivity contribution in [1.29, 1.82) is 0 Å². The van der Waals surface area contributed by atoms with Crippen LogP contribution >= 0.6 is 0 Å². The number of amides is 1. The highest BCUT2D eigenvalue weighted by atomic mass is 16.4. The topological polar surface area (TPSA) is 82.7 Å². The molecule has 0 aliphatic heterocycles. The molecule has 0 spiro atoms. The zero-order valence-electron chi connectivity index (χ0n) is 11.7. The Labute approximate surface area is 113 Å². The fourth-order valence-electron chi connectivity index (χ4n) is 1.75. The smallest absolute Gasteiger partial charge is 0.222 e. The van der Waals surface area contributed by atoms with Crippen LogP contribution in [0.2, 0.25) is 0 Å². The lowest BCUT2D eigenvalue weighted by Crippen LogP contribution is -2.36. The third kappa shape index (κ3) is 5.44. The molecule has 1 aromatic rings. The number of hydrogen-bond donors (Lipinski definition) is 3. The van der Waals surface area contributed by atoms with E-state index < -0.39 is 12.2 Å². The molecule has 0 aliphatic carbocycles. The van der Waals surface area contributed by atoms with Gasteiger partial charge in [-0.1, -0.05) is 13.8 Å². The van der Waals surface area contributed by atoms with E-state index in [1.807, 2.05) is 20.8 Å². The van der Waals surface area contributed by atoms with Gasteiger partial charge < -0.3 is 19.9 Å². The molecule has 0 fully saturated rings. The van der Waals surface area contributed by atoms with Gasteiger partial charge >= 0.3 is 0 Å². The number of furan rings is 1. The van der Waals surface area contributed by atoms with Crippen molar-refractivity contribution in [2.75, 3.05) is 0 Å². The summed E-state index contributed by atoms with van der Waals surface area (Å²) in [6.45, 7) is 5.54. The lowest BCUT2D eigenvalue weighted by molar-refractivity contribution is -0.124. The molecule has 1 heterocycles. The SMILES string of the molecule is CC(CC(O)c1ccco1)NC(=O)CC(O)C(C)C. The molecule has 108 valence electrons. The molecular weight excluding hydrogens is 246 g/mol. The number of carbonyl (C=O) groups excluding carboxylic acids is 1. The second-order valence-corrected chi connectivity index (χ2v) is 5.25. The quantitative estimate of drug-likeness (QED) is 0.702. The Bertz CT molecular complexity index is 375. The van der Waals surface area contributed by atoms with Crippen LogP contribution in [0.4, 0.5) is 0 Å². The lowest BCUT2D eigenvalue weighted by Gasteiger charge is -2.19. The Morgan fingerprint density at radius 2 is 2.05 bits per heavy atom. The number of rotatable bonds is 7. The summed E-state index contributed by atoms with van der Waals surface area (Å²) in [6.07, 6.45) is 0.582. The van der Waals surface area contributed by atoms with Gasteiger partial charge in [-0.25, -0.2) is 0 Å². The lowest BCUT2D eigenvalue weighted by atomic mass is 10.0. The van der Waals surface area contributed by atoms with Crippen molar-refractivity contribution in [1.82, 2.24) is 5.32 Å². The Kier molecular flexibility index (Phi) is 6.05. The van der Waals surface area contributed by atoms with Gasteiger partial charge in [0.1, 0.15) is 11.9 Å². The monoisotopic (exact) mass is 269 g/mol. The van der Waals surface area contributed by atoms with Gasteiger partial charge in [-0.05, 0) is 25.0 Å². The summed E-state index contributed by atoms with van der Waals surface area (Å²) in [5.74, 6) is 0.332. The largest absolute Gasteiger partial charge is 0.467 e. The molecule has 3 N–H and O–H groups in total. The normalized spacial score (nSPS) is 16.1. The van der Waals surface area contributed by atoms with Crippen molar-refractivity contribution in [3.63, 3.8) is 0 Å². The van der Waals surface area contributed by atoms with Crippen LogP contribution < -0.4 is 5.32 Å². The third-order valence-corrected chi connectivity index (χ3v) is 3.02. The maximum atomic E-state index is 11.7. The highest BCUT2D eigenvalue weighted by Crippen LogP contribution is 2.18. The minimum Gasteiger partial charge on any atom is -0.467 e. The molecule has 19 heavy (non-hydrogen) atoms. The van der Waals surface area contributed by atoms with Gasteiger partial charge in [0, 0.05) is 12.5 Å². The van der Waals surface area contributed by atoms with E-state index in [-0.39, 0.29) is 24.3 Å². The van der Waals surface area contributed by atoms with Crippen molar-refractivity contribution in [3.8, 4) is 0 Å².